The van der Waals surface area contributed by atoms with Gasteiger partial charge < -0.3 is 10.2 Å². The van der Waals surface area contributed by atoms with E-state index in [2.05, 4.69) is 6.42 Å². The highest BCUT2D eigenvalue weighted by Gasteiger charge is 1.70. The predicted octanol–water partition coefficient (Wildman–Crippen LogP) is 0.769. The third-order valence-electron chi connectivity index (χ3n) is 0. The molecule has 7 heavy (non-hydrogen) atoms. The van der Waals surface area contributed by atoms with Crippen LogP contribution in [-0.4, -0.2) is 16.4 Å². The van der Waals surface area contributed by atoms with Crippen LogP contribution in [0.3, 0.4) is 0 Å². The van der Waals surface area contributed by atoms with Gasteiger partial charge in [0.05, 0.1) is 0 Å². The van der Waals surface area contributed by atoms with Crippen LogP contribution >= 0.6 is 0 Å². The summed E-state index contributed by atoms with van der Waals surface area (Å²) in [5.74, 6) is 0. The van der Waals surface area contributed by atoms with Crippen molar-refractivity contribution >= 4 is 6.16 Å². The molecule has 0 aliphatic carbocycles. The van der Waals surface area contributed by atoms with Crippen LogP contribution in [0.15, 0.2) is 0 Å². The molecule has 0 saturated carbocycles. The number of hydrogen-bond acceptors (Lipinski definition) is 1. The van der Waals surface area contributed by atoms with Crippen LogP contribution < -0.4 is 0 Å². The first-order valence-corrected chi connectivity index (χ1v) is 1.13. The molecule has 0 fully saturated rings. The number of carboxylic acid groups (broad SMARTS) is 2. The maximum atomic E-state index is 9.82. The minimum absolute atomic E-state index is 0.750. The first kappa shape index (κ1) is 9.23. The Labute approximate surface area is 39.4 Å². The van der Waals surface area contributed by atoms with Crippen molar-refractivity contribution in [3.63, 3.8) is 0 Å². The molecule has 0 spiro atoms. The molecule has 0 rings (SSSR count). The molecule has 40 valence electrons. The lowest BCUT2D eigenvalue weighted by molar-refractivity contribution is 0.137. The molecule has 0 bridgehead atoms. The fraction of sp³-hybridized carbons (Fsp3) is 0. The quantitative estimate of drug-likeness (QED) is 0.448. The SMILES string of the molecule is C#CF.O=C(O)O. The third kappa shape index (κ3) is 23.6. The summed E-state index contributed by atoms with van der Waals surface area (Å²) in [6.45, 7) is 0. The Hall–Kier alpha value is -1.24. The minimum atomic E-state index is -1.83. The Balaban J connectivity index is 0. The molecule has 0 heterocycles. The zero-order valence-electron chi connectivity index (χ0n) is 3.26. The Morgan fingerprint density at radius 1 is 1.71 bits per heavy atom. The molecular weight excluding hydrogens is 103 g/mol. The van der Waals surface area contributed by atoms with Crippen molar-refractivity contribution in [3.8, 4) is 12.6 Å². The Bertz CT molecular complexity index is 78.7. The molecule has 3 nitrogen and oxygen atoms in total. The van der Waals surface area contributed by atoms with E-state index in [1.54, 1.807) is 0 Å². The number of halogens is 1. The summed E-state index contributed by atoms with van der Waals surface area (Å²) < 4.78 is 9.82. The number of hydrogen-bond donors (Lipinski definition) is 2. The van der Waals surface area contributed by atoms with E-state index in [9.17, 15) is 4.39 Å². The van der Waals surface area contributed by atoms with Crippen molar-refractivity contribution in [1.29, 1.82) is 0 Å². The average Bonchev–Trinajstić information content (AvgIpc) is 1.33. The van der Waals surface area contributed by atoms with Crippen LogP contribution in [0.2, 0.25) is 0 Å². The summed E-state index contributed by atoms with van der Waals surface area (Å²) in [6.07, 6.45) is 2.85. The largest absolute Gasteiger partial charge is 0.503 e. The zero-order valence-corrected chi connectivity index (χ0v) is 3.26. The van der Waals surface area contributed by atoms with Gasteiger partial charge in [-0.1, -0.05) is 6.42 Å². The molecule has 0 aromatic rings. The normalized spacial score (nSPS) is 4.57. The highest BCUT2D eigenvalue weighted by molar-refractivity contribution is 5.53. The molecule has 0 aliphatic heterocycles. The monoisotopic (exact) mass is 106 g/mol. The number of carbonyl (C=O) groups is 1. The van der Waals surface area contributed by atoms with Gasteiger partial charge in [-0.2, -0.15) is 0 Å². The maximum absolute atomic E-state index is 9.82. The lowest BCUT2D eigenvalue weighted by Gasteiger charge is -1.60. The molecule has 4 heteroatoms. The fourth-order valence-corrected chi connectivity index (χ4v) is 0. The van der Waals surface area contributed by atoms with Gasteiger partial charge in [0.1, 0.15) is 6.17 Å². The van der Waals surface area contributed by atoms with E-state index in [-0.39, 0.29) is 0 Å². The van der Waals surface area contributed by atoms with Crippen molar-refractivity contribution in [2.24, 2.45) is 0 Å². The minimum Gasteiger partial charge on any atom is -0.450 e. The maximum Gasteiger partial charge on any atom is 0.503 e. The lowest BCUT2D eigenvalue weighted by Crippen LogP contribution is -1.81. The van der Waals surface area contributed by atoms with Crippen molar-refractivity contribution in [3.05, 3.63) is 0 Å². The molecule has 0 aromatic heterocycles. The van der Waals surface area contributed by atoms with E-state index in [0.29, 0.717) is 0 Å². The van der Waals surface area contributed by atoms with Crippen LogP contribution in [0.4, 0.5) is 9.18 Å². The van der Waals surface area contributed by atoms with Crippen molar-refractivity contribution in [2.75, 3.05) is 0 Å². The molecule has 0 unspecified atom stereocenters. The molecule has 0 atom stereocenters. The second kappa shape index (κ2) is 8.83. The zero-order chi connectivity index (χ0) is 6.28. The fourth-order valence-electron chi connectivity index (χ4n) is 0. The van der Waals surface area contributed by atoms with Crippen LogP contribution in [0.1, 0.15) is 0 Å². The summed E-state index contributed by atoms with van der Waals surface area (Å²) in [7, 11) is 0. The topological polar surface area (TPSA) is 57.5 Å². The second-order valence-corrected chi connectivity index (χ2v) is 0.392. The van der Waals surface area contributed by atoms with Crippen LogP contribution in [0, 0.1) is 12.6 Å². The third-order valence-corrected chi connectivity index (χ3v) is 0. The summed E-state index contributed by atoms with van der Waals surface area (Å²) in [5.41, 5.74) is 0. The summed E-state index contributed by atoms with van der Waals surface area (Å²) in [6, 6.07) is 0. The number of rotatable bonds is 0. The van der Waals surface area contributed by atoms with Crippen molar-refractivity contribution < 1.29 is 19.4 Å². The van der Waals surface area contributed by atoms with E-state index in [4.69, 9.17) is 15.0 Å². The first-order chi connectivity index (χ1) is 3.15. The molecule has 0 aliphatic rings. The van der Waals surface area contributed by atoms with E-state index >= 15 is 0 Å². The number of terminal acetylenes is 1. The van der Waals surface area contributed by atoms with Crippen molar-refractivity contribution in [1.82, 2.24) is 0 Å². The average molecular weight is 106 g/mol. The Kier molecular flexibility index (Phi) is 11.7. The van der Waals surface area contributed by atoms with E-state index in [0.717, 1.165) is 6.17 Å². The van der Waals surface area contributed by atoms with E-state index < -0.39 is 6.16 Å². The van der Waals surface area contributed by atoms with Crippen LogP contribution in [-0.2, 0) is 0 Å². The van der Waals surface area contributed by atoms with Gasteiger partial charge >= 0.3 is 6.16 Å². The second-order valence-electron chi connectivity index (χ2n) is 0.392. The molecule has 0 aromatic carbocycles. The van der Waals surface area contributed by atoms with Gasteiger partial charge in [0.25, 0.3) is 0 Å². The van der Waals surface area contributed by atoms with E-state index in [1.807, 2.05) is 0 Å². The van der Waals surface area contributed by atoms with Crippen molar-refractivity contribution in [2.45, 2.75) is 0 Å². The van der Waals surface area contributed by atoms with Crippen LogP contribution in [0.5, 0.6) is 0 Å². The Morgan fingerprint density at radius 2 is 1.71 bits per heavy atom. The van der Waals surface area contributed by atoms with E-state index in [1.165, 1.54) is 0 Å². The molecule has 2 N–H and O–H groups in total. The highest BCUT2D eigenvalue weighted by atomic mass is 19.1. The lowest BCUT2D eigenvalue weighted by atomic mass is 11.4. The molecule has 0 amide bonds. The van der Waals surface area contributed by atoms with Gasteiger partial charge in [-0.25, -0.2) is 4.79 Å². The summed E-state index contributed by atoms with van der Waals surface area (Å²) in [4.78, 5) is 8.56. The van der Waals surface area contributed by atoms with Gasteiger partial charge in [-0.3, -0.25) is 0 Å². The van der Waals surface area contributed by atoms with Gasteiger partial charge in [0.15, 0.2) is 0 Å². The van der Waals surface area contributed by atoms with Gasteiger partial charge in [0, 0.05) is 0 Å². The van der Waals surface area contributed by atoms with Crippen LogP contribution in [0.25, 0.3) is 0 Å². The standard InChI is InChI=1S/C2HF.CH2O3/c1-2-3;2-1(3)4/h1H;(H2,2,3,4). The first-order valence-electron chi connectivity index (χ1n) is 1.13. The molecular formula is C3H3FO3. The summed E-state index contributed by atoms with van der Waals surface area (Å²) >= 11 is 0. The van der Waals surface area contributed by atoms with Gasteiger partial charge in [-0.05, 0) is 0 Å². The van der Waals surface area contributed by atoms with Gasteiger partial charge in [0.2, 0.25) is 0 Å². The highest BCUT2D eigenvalue weighted by Crippen LogP contribution is 1.42. The smallest absolute Gasteiger partial charge is 0.450 e. The predicted molar refractivity (Wildman–Crippen MR) is 20.6 cm³/mol. The molecule has 0 saturated heterocycles. The summed E-state index contributed by atoms with van der Waals surface area (Å²) in [5, 5.41) is 13.9. The molecule has 0 radical (unpaired) electrons. The Morgan fingerprint density at radius 3 is 1.71 bits per heavy atom. The van der Waals surface area contributed by atoms with Gasteiger partial charge in [-0.15, -0.1) is 4.39 Å².